The Hall–Kier alpha value is -1.84. The number of nitrogens with zero attached hydrogens (tertiary/aromatic N) is 1. The Morgan fingerprint density at radius 3 is 2.34 bits per heavy atom. The van der Waals surface area contributed by atoms with E-state index >= 15 is 0 Å². The predicted molar refractivity (Wildman–Crippen MR) is 116 cm³/mol. The van der Waals surface area contributed by atoms with E-state index in [0.717, 1.165) is 25.9 Å². The van der Waals surface area contributed by atoms with Gasteiger partial charge in [0, 0.05) is 30.3 Å². The summed E-state index contributed by atoms with van der Waals surface area (Å²) >= 11 is 0. The highest BCUT2D eigenvalue weighted by Gasteiger charge is 2.44. The SMILES string of the molecule is CC12CCCCC1N(C(=O)c1ccc(C(=O)NCC3CCCCC3)cc1)CCC2. The lowest BCUT2D eigenvalue weighted by Crippen LogP contribution is -2.54. The number of hydrogen-bond donors (Lipinski definition) is 1. The van der Waals surface area contributed by atoms with Crippen LogP contribution in [0, 0.1) is 11.3 Å². The first kappa shape index (κ1) is 20.4. The van der Waals surface area contributed by atoms with Gasteiger partial charge < -0.3 is 10.2 Å². The van der Waals surface area contributed by atoms with Crippen LogP contribution in [0.4, 0.5) is 0 Å². The Bertz CT molecular complexity index is 719. The molecule has 4 nitrogen and oxygen atoms in total. The van der Waals surface area contributed by atoms with Gasteiger partial charge in [-0.3, -0.25) is 9.59 Å². The van der Waals surface area contributed by atoms with E-state index in [-0.39, 0.29) is 17.2 Å². The molecule has 29 heavy (non-hydrogen) atoms. The van der Waals surface area contributed by atoms with E-state index in [4.69, 9.17) is 0 Å². The third-order valence-corrected chi connectivity index (χ3v) is 7.73. The van der Waals surface area contributed by atoms with E-state index in [1.807, 2.05) is 24.3 Å². The van der Waals surface area contributed by atoms with Crippen molar-refractivity contribution < 1.29 is 9.59 Å². The van der Waals surface area contributed by atoms with Crippen LogP contribution >= 0.6 is 0 Å². The molecule has 0 bridgehead atoms. The quantitative estimate of drug-likeness (QED) is 0.762. The van der Waals surface area contributed by atoms with Crippen molar-refractivity contribution in [3.8, 4) is 0 Å². The van der Waals surface area contributed by atoms with Crippen LogP contribution in [0.1, 0.15) is 98.3 Å². The number of likely N-dealkylation sites (tertiary alicyclic amines) is 1. The molecule has 1 aliphatic heterocycles. The molecule has 1 aromatic rings. The number of nitrogens with one attached hydrogen (secondary N) is 1. The van der Waals surface area contributed by atoms with E-state index in [9.17, 15) is 9.59 Å². The zero-order valence-electron chi connectivity index (χ0n) is 17.9. The summed E-state index contributed by atoms with van der Waals surface area (Å²) < 4.78 is 0. The largest absolute Gasteiger partial charge is 0.352 e. The van der Waals surface area contributed by atoms with Gasteiger partial charge in [0.1, 0.15) is 0 Å². The molecule has 2 saturated carbocycles. The zero-order valence-corrected chi connectivity index (χ0v) is 17.9. The molecule has 2 aliphatic carbocycles. The van der Waals surface area contributed by atoms with Crippen LogP contribution in [0.5, 0.6) is 0 Å². The molecule has 4 rings (SSSR count). The summed E-state index contributed by atoms with van der Waals surface area (Å²) in [6.45, 7) is 4.01. The average Bonchev–Trinajstić information content (AvgIpc) is 2.77. The number of piperidine rings is 1. The molecule has 0 radical (unpaired) electrons. The normalized spacial score (nSPS) is 27.9. The Kier molecular flexibility index (Phi) is 6.26. The molecule has 158 valence electrons. The number of benzene rings is 1. The monoisotopic (exact) mass is 396 g/mol. The zero-order chi connectivity index (χ0) is 20.3. The van der Waals surface area contributed by atoms with Crippen LogP contribution in [0.25, 0.3) is 0 Å². The summed E-state index contributed by atoms with van der Waals surface area (Å²) in [5.74, 6) is 0.738. The minimum atomic E-state index is -0.0209. The molecule has 1 N–H and O–H groups in total. The molecule has 1 heterocycles. The molecule has 0 aromatic heterocycles. The first-order valence-electron chi connectivity index (χ1n) is 11.8. The lowest BCUT2D eigenvalue weighted by molar-refractivity contribution is -0.000454. The molecular weight excluding hydrogens is 360 g/mol. The lowest BCUT2D eigenvalue weighted by Gasteiger charge is -2.51. The Balaban J connectivity index is 1.38. The van der Waals surface area contributed by atoms with Gasteiger partial charge in [-0.25, -0.2) is 0 Å². The molecular formula is C25H36N2O2. The van der Waals surface area contributed by atoms with Gasteiger partial charge in [0.05, 0.1) is 0 Å². The van der Waals surface area contributed by atoms with E-state index in [2.05, 4.69) is 17.1 Å². The number of fused-ring (bicyclic) bond motifs is 1. The second kappa shape index (κ2) is 8.89. The number of hydrogen-bond acceptors (Lipinski definition) is 2. The molecule has 0 spiro atoms. The van der Waals surface area contributed by atoms with E-state index in [1.165, 1.54) is 57.8 Å². The Morgan fingerprint density at radius 1 is 0.931 bits per heavy atom. The number of carbonyl (C=O) groups excluding carboxylic acids is 2. The van der Waals surface area contributed by atoms with Crippen LogP contribution in [0.2, 0.25) is 0 Å². The lowest BCUT2D eigenvalue weighted by atomic mass is 9.66. The average molecular weight is 397 g/mol. The summed E-state index contributed by atoms with van der Waals surface area (Å²) in [5.41, 5.74) is 1.65. The van der Waals surface area contributed by atoms with Crippen molar-refractivity contribution in [2.45, 2.75) is 83.6 Å². The summed E-state index contributed by atoms with van der Waals surface area (Å²) in [6.07, 6.45) is 13.6. The Labute approximate surface area is 175 Å². The molecule has 2 atom stereocenters. The maximum Gasteiger partial charge on any atom is 0.254 e. The van der Waals surface area contributed by atoms with Crippen LogP contribution in [-0.4, -0.2) is 35.8 Å². The van der Waals surface area contributed by atoms with Crippen LogP contribution in [-0.2, 0) is 0 Å². The fourth-order valence-corrected chi connectivity index (χ4v) is 5.92. The number of amides is 2. The molecule has 1 saturated heterocycles. The van der Waals surface area contributed by atoms with Crippen molar-refractivity contribution in [3.63, 3.8) is 0 Å². The molecule has 3 fully saturated rings. The standard InChI is InChI=1S/C25H36N2O2/c1-25-15-6-5-10-22(25)27(17-7-16-25)24(29)21-13-11-20(12-14-21)23(28)26-18-19-8-3-2-4-9-19/h11-14,19,22H,2-10,15-18H2,1H3,(H,26,28). The number of rotatable bonds is 4. The van der Waals surface area contributed by atoms with Crippen molar-refractivity contribution >= 4 is 11.8 Å². The maximum absolute atomic E-state index is 13.2. The third kappa shape index (κ3) is 4.51. The molecule has 1 aromatic carbocycles. The topological polar surface area (TPSA) is 49.4 Å². The fourth-order valence-electron chi connectivity index (χ4n) is 5.92. The summed E-state index contributed by atoms with van der Waals surface area (Å²) in [5, 5.41) is 3.09. The second-order valence-electron chi connectivity index (χ2n) is 9.81. The second-order valence-corrected chi connectivity index (χ2v) is 9.81. The summed E-state index contributed by atoms with van der Waals surface area (Å²) in [6, 6.07) is 7.68. The number of carbonyl (C=O) groups is 2. The highest BCUT2D eigenvalue weighted by atomic mass is 16.2. The third-order valence-electron chi connectivity index (χ3n) is 7.73. The highest BCUT2D eigenvalue weighted by Crippen LogP contribution is 2.45. The molecule has 2 amide bonds. The van der Waals surface area contributed by atoms with Gasteiger partial charge in [0.15, 0.2) is 0 Å². The smallest absolute Gasteiger partial charge is 0.254 e. The van der Waals surface area contributed by atoms with Gasteiger partial charge in [-0.15, -0.1) is 0 Å². The van der Waals surface area contributed by atoms with Crippen molar-refractivity contribution in [2.75, 3.05) is 13.1 Å². The van der Waals surface area contributed by atoms with E-state index in [1.54, 1.807) is 0 Å². The summed E-state index contributed by atoms with van der Waals surface area (Å²) in [7, 11) is 0. The van der Waals surface area contributed by atoms with Crippen molar-refractivity contribution in [3.05, 3.63) is 35.4 Å². The maximum atomic E-state index is 13.2. The van der Waals surface area contributed by atoms with Gasteiger partial charge in [-0.1, -0.05) is 39.0 Å². The minimum Gasteiger partial charge on any atom is -0.352 e. The molecule has 2 unspecified atom stereocenters. The van der Waals surface area contributed by atoms with Gasteiger partial charge in [-0.2, -0.15) is 0 Å². The first-order valence-corrected chi connectivity index (χ1v) is 11.8. The highest BCUT2D eigenvalue weighted by molar-refractivity contribution is 5.98. The van der Waals surface area contributed by atoms with Crippen LogP contribution in [0.15, 0.2) is 24.3 Å². The van der Waals surface area contributed by atoms with Gasteiger partial charge in [-0.05, 0) is 74.1 Å². The summed E-state index contributed by atoms with van der Waals surface area (Å²) in [4.78, 5) is 27.9. The fraction of sp³-hybridized carbons (Fsp3) is 0.680. The molecule has 3 aliphatic rings. The van der Waals surface area contributed by atoms with Crippen LogP contribution < -0.4 is 5.32 Å². The van der Waals surface area contributed by atoms with Crippen molar-refractivity contribution in [1.82, 2.24) is 10.2 Å². The van der Waals surface area contributed by atoms with Gasteiger partial charge in [0.2, 0.25) is 0 Å². The van der Waals surface area contributed by atoms with E-state index in [0.29, 0.717) is 23.1 Å². The first-order chi connectivity index (χ1) is 14.1. The van der Waals surface area contributed by atoms with Crippen LogP contribution in [0.3, 0.4) is 0 Å². The van der Waals surface area contributed by atoms with Crippen molar-refractivity contribution in [1.29, 1.82) is 0 Å². The van der Waals surface area contributed by atoms with Gasteiger partial charge in [0.25, 0.3) is 11.8 Å². The van der Waals surface area contributed by atoms with E-state index < -0.39 is 0 Å². The molecule has 4 heteroatoms. The minimum absolute atomic E-state index is 0.0209. The van der Waals surface area contributed by atoms with Crippen molar-refractivity contribution in [2.24, 2.45) is 11.3 Å². The predicted octanol–water partition coefficient (Wildman–Crippen LogP) is 5.18. The Morgan fingerprint density at radius 2 is 1.59 bits per heavy atom. The van der Waals surface area contributed by atoms with Gasteiger partial charge >= 0.3 is 0 Å².